The number of nitrogens with zero attached hydrogens (tertiary/aromatic N) is 4. The van der Waals surface area contributed by atoms with E-state index in [4.69, 9.17) is 0 Å². The van der Waals surface area contributed by atoms with Gasteiger partial charge in [0.2, 0.25) is 0 Å². The third-order valence-electron chi connectivity index (χ3n) is 2.97. The molecule has 0 amide bonds. The van der Waals surface area contributed by atoms with Crippen molar-refractivity contribution in [1.29, 1.82) is 0 Å². The molecule has 0 aliphatic rings. The Kier molecular flexibility index (Phi) is 4.53. The summed E-state index contributed by atoms with van der Waals surface area (Å²) >= 11 is 0. The molecule has 114 valence electrons. The van der Waals surface area contributed by atoms with Gasteiger partial charge in [0.15, 0.2) is 0 Å². The second kappa shape index (κ2) is 6.19. The number of anilines is 1. The van der Waals surface area contributed by atoms with E-state index in [1.165, 1.54) is 18.7 Å². The van der Waals surface area contributed by atoms with Gasteiger partial charge in [-0.05, 0) is 20.9 Å². The molecule has 9 heteroatoms. The molecule has 2 rings (SSSR count). The number of rotatable bonds is 6. The normalized spacial score (nSPS) is 11.6. The Balaban J connectivity index is 2.34. The van der Waals surface area contributed by atoms with Crippen LogP contribution in [0.25, 0.3) is 0 Å². The van der Waals surface area contributed by atoms with E-state index < -0.39 is 10.0 Å². The molecule has 21 heavy (non-hydrogen) atoms. The highest BCUT2D eigenvalue weighted by Gasteiger charge is 2.24. The topological polar surface area (TPSA) is 102 Å². The van der Waals surface area contributed by atoms with Crippen LogP contribution in [0.5, 0.6) is 0 Å². The van der Waals surface area contributed by atoms with Crippen LogP contribution in [0.2, 0.25) is 0 Å². The fourth-order valence-electron chi connectivity index (χ4n) is 2.06. The second-order valence-electron chi connectivity index (χ2n) is 4.56. The number of aryl methyl sites for hydroxylation is 1. The van der Waals surface area contributed by atoms with Crippen molar-refractivity contribution in [2.24, 2.45) is 0 Å². The molecule has 2 aromatic heterocycles. The van der Waals surface area contributed by atoms with Crippen LogP contribution < -0.4 is 10.0 Å². The zero-order chi connectivity index (χ0) is 15.5. The first-order valence-corrected chi connectivity index (χ1v) is 7.90. The van der Waals surface area contributed by atoms with E-state index in [0.717, 1.165) is 0 Å². The van der Waals surface area contributed by atoms with E-state index >= 15 is 0 Å². The van der Waals surface area contributed by atoms with Crippen molar-refractivity contribution in [3.8, 4) is 0 Å². The van der Waals surface area contributed by atoms with E-state index in [2.05, 4.69) is 25.1 Å². The van der Waals surface area contributed by atoms with Crippen LogP contribution in [0.15, 0.2) is 23.6 Å². The Labute approximate surface area is 123 Å². The van der Waals surface area contributed by atoms with E-state index in [1.54, 1.807) is 18.5 Å². The average Bonchev–Trinajstić information content (AvgIpc) is 2.72. The molecular weight excluding hydrogens is 292 g/mol. The summed E-state index contributed by atoms with van der Waals surface area (Å²) in [6, 6.07) is 0. The van der Waals surface area contributed by atoms with Crippen LogP contribution >= 0.6 is 0 Å². The molecule has 8 nitrogen and oxygen atoms in total. The number of sulfonamides is 1. The van der Waals surface area contributed by atoms with Gasteiger partial charge in [0.05, 0.1) is 36.0 Å². The zero-order valence-corrected chi connectivity index (χ0v) is 13.0. The summed E-state index contributed by atoms with van der Waals surface area (Å²) in [5, 5.41) is 7.29. The maximum Gasteiger partial charge on any atom is 0.265 e. The van der Waals surface area contributed by atoms with Crippen molar-refractivity contribution >= 4 is 15.7 Å². The van der Waals surface area contributed by atoms with Gasteiger partial charge in [-0.15, -0.1) is 0 Å². The van der Waals surface area contributed by atoms with Crippen molar-refractivity contribution in [3.63, 3.8) is 0 Å². The molecule has 0 radical (unpaired) electrons. The van der Waals surface area contributed by atoms with Gasteiger partial charge in [-0.3, -0.25) is 9.40 Å². The second-order valence-corrected chi connectivity index (χ2v) is 6.18. The van der Waals surface area contributed by atoms with Crippen molar-refractivity contribution in [2.75, 3.05) is 18.3 Å². The fraction of sp³-hybridized carbons (Fsp3) is 0.417. The van der Waals surface area contributed by atoms with E-state index in [9.17, 15) is 8.42 Å². The Morgan fingerprint density at radius 1 is 1.24 bits per heavy atom. The SMILES string of the molecule is CNCCn1nc(C)c(S(=O)(=O)Nc2cncnc2)c1C. The number of hydrogen-bond donors (Lipinski definition) is 2. The minimum Gasteiger partial charge on any atom is -0.318 e. The summed E-state index contributed by atoms with van der Waals surface area (Å²) in [6.45, 7) is 4.74. The largest absolute Gasteiger partial charge is 0.318 e. The molecule has 2 heterocycles. The molecule has 0 saturated carbocycles. The van der Waals surface area contributed by atoms with E-state index in [1.807, 2.05) is 7.05 Å². The first-order chi connectivity index (χ1) is 9.95. The summed E-state index contributed by atoms with van der Waals surface area (Å²) in [7, 11) is -1.88. The Morgan fingerprint density at radius 3 is 2.52 bits per heavy atom. The minimum atomic E-state index is -3.71. The van der Waals surface area contributed by atoms with Crippen LogP contribution in [0.1, 0.15) is 11.4 Å². The first-order valence-electron chi connectivity index (χ1n) is 6.42. The molecule has 0 spiro atoms. The van der Waals surface area contributed by atoms with Crippen LogP contribution in [0.3, 0.4) is 0 Å². The lowest BCUT2D eigenvalue weighted by Gasteiger charge is -2.08. The van der Waals surface area contributed by atoms with Gasteiger partial charge < -0.3 is 5.32 Å². The van der Waals surface area contributed by atoms with Gasteiger partial charge >= 0.3 is 0 Å². The van der Waals surface area contributed by atoms with Crippen molar-refractivity contribution in [1.82, 2.24) is 25.1 Å². The predicted octanol–water partition coefficient (Wildman–Crippen LogP) is 0.310. The summed E-state index contributed by atoms with van der Waals surface area (Å²) in [5.74, 6) is 0. The van der Waals surface area contributed by atoms with Crippen molar-refractivity contribution in [2.45, 2.75) is 25.3 Å². The van der Waals surface area contributed by atoms with Crippen LogP contribution in [0.4, 0.5) is 5.69 Å². The quantitative estimate of drug-likeness (QED) is 0.796. The lowest BCUT2D eigenvalue weighted by atomic mass is 10.4. The van der Waals surface area contributed by atoms with Crippen molar-refractivity contribution < 1.29 is 8.42 Å². The third kappa shape index (κ3) is 3.37. The first kappa shape index (κ1) is 15.4. The third-order valence-corrected chi connectivity index (χ3v) is 4.60. The minimum absolute atomic E-state index is 0.197. The summed E-state index contributed by atoms with van der Waals surface area (Å²) in [4.78, 5) is 7.77. The zero-order valence-electron chi connectivity index (χ0n) is 12.2. The molecule has 0 bridgehead atoms. The molecular formula is C12H18N6O2S. The molecule has 0 aromatic carbocycles. The highest BCUT2D eigenvalue weighted by molar-refractivity contribution is 7.92. The maximum atomic E-state index is 12.5. The molecule has 0 unspecified atom stereocenters. The van der Waals surface area contributed by atoms with Gasteiger partial charge in [-0.1, -0.05) is 0 Å². The molecule has 2 N–H and O–H groups in total. The molecule has 0 atom stereocenters. The van der Waals surface area contributed by atoms with Crippen molar-refractivity contribution in [3.05, 3.63) is 30.1 Å². The number of nitrogens with one attached hydrogen (secondary N) is 2. The van der Waals surface area contributed by atoms with Gasteiger partial charge in [0.25, 0.3) is 10.0 Å². The molecule has 0 saturated heterocycles. The summed E-state index contributed by atoms with van der Waals surface area (Å²) < 4.78 is 29.1. The lowest BCUT2D eigenvalue weighted by Crippen LogP contribution is -2.18. The highest BCUT2D eigenvalue weighted by Crippen LogP contribution is 2.21. The van der Waals surface area contributed by atoms with Gasteiger partial charge in [0, 0.05) is 6.54 Å². The highest BCUT2D eigenvalue weighted by atomic mass is 32.2. The molecule has 0 fully saturated rings. The lowest BCUT2D eigenvalue weighted by molar-refractivity contribution is 0.566. The summed E-state index contributed by atoms with van der Waals surface area (Å²) in [6.07, 6.45) is 4.14. The van der Waals surface area contributed by atoms with Crippen LogP contribution in [-0.4, -0.2) is 41.8 Å². The van der Waals surface area contributed by atoms with E-state index in [0.29, 0.717) is 30.2 Å². The summed E-state index contributed by atoms with van der Waals surface area (Å²) in [5.41, 5.74) is 1.39. The standard InChI is InChI=1S/C12H18N6O2S/c1-9-12(10(2)18(16-9)5-4-13-3)21(19,20)17-11-6-14-8-15-7-11/h6-8,13,17H,4-5H2,1-3H3. The number of likely N-dealkylation sites (N-methyl/N-ethyl adjacent to an activating group) is 1. The Bertz CT molecular complexity index is 711. The Morgan fingerprint density at radius 2 is 1.90 bits per heavy atom. The van der Waals surface area contributed by atoms with E-state index in [-0.39, 0.29) is 4.90 Å². The molecule has 0 aliphatic carbocycles. The van der Waals surface area contributed by atoms with Crippen LogP contribution in [0, 0.1) is 13.8 Å². The van der Waals surface area contributed by atoms with Gasteiger partial charge in [-0.25, -0.2) is 18.4 Å². The van der Waals surface area contributed by atoms with Gasteiger partial charge in [0.1, 0.15) is 11.2 Å². The molecule has 0 aliphatic heterocycles. The maximum absolute atomic E-state index is 12.5. The smallest absolute Gasteiger partial charge is 0.265 e. The Hall–Kier alpha value is -2.00. The number of aromatic nitrogens is 4. The van der Waals surface area contributed by atoms with Crippen LogP contribution in [-0.2, 0) is 16.6 Å². The fourth-order valence-corrected chi connectivity index (χ4v) is 3.50. The molecule has 2 aromatic rings. The predicted molar refractivity (Wildman–Crippen MR) is 78.5 cm³/mol. The number of hydrogen-bond acceptors (Lipinski definition) is 6. The monoisotopic (exact) mass is 310 g/mol. The van der Waals surface area contributed by atoms with Gasteiger partial charge in [-0.2, -0.15) is 5.10 Å². The average molecular weight is 310 g/mol.